The van der Waals surface area contributed by atoms with Crippen molar-refractivity contribution in [3.63, 3.8) is 0 Å². The number of halogens is 3. The van der Waals surface area contributed by atoms with Gasteiger partial charge in [0.1, 0.15) is 17.2 Å². The first-order valence-electron chi connectivity index (χ1n) is 8.63. The number of hydrogen-bond donors (Lipinski definition) is 2. The van der Waals surface area contributed by atoms with E-state index in [1.54, 1.807) is 30.3 Å². The molecule has 0 radical (unpaired) electrons. The number of pyridine rings is 1. The summed E-state index contributed by atoms with van der Waals surface area (Å²) in [4.78, 5) is 15.7. The lowest BCUT2D eigenvalue weighted by molar-refractivity contribution is -0.137. The molecule has 5 nitrogen and oxygen atoms in total. The fraction of sp³-hybridized carbons (Fsp3) is 0.143. The van der Waals surface area contributed by atoms with Gasteiger partial charge in [-0.25, -0.2) is 4.98 Å². The van der Waals surface area contributed by atoms with Crippen molar-refractivity contribution in [2.24, 2.45) is 5.73 Å². The van der Waals surface area contributed by atoms with Crippen LogP contribution in [0.4, 0.5) is 13.2 Å². The molecule has 0 saturated heterocycles. The van der Waals surface area contributed by atoms with Crippen LogP contribution in [-0.4, -0.2) is 22.6 Å². The molecule has 0 aliphatic rings. The van der Waals surface area contributed by atoms with Crippen molar-refractivity contribution >= 4 is 5.91 Å². The van der Waals surface area contributed by atoms with Gasteiger partial charge in [-0.3, -0.25) is 4.79 Å². The third-order valence-electron chi connectivity index (χ3n) is 4.11. The van der Waals surface area contributed by atoms with Crippen LogP contribution in [0.15, 0.2) is 60.7 Å². The molecule has 0 unspecified atom stereocenters. The van der Waals surface area contributed by atoms with E-state index in [-0.39, 0.29) is 18.1 Å². The molecule has 0 spiro atoms. The summed E-state index contributed by atoms with van der Waals surface area (Å²) in [6, 6.07) is 14.3. The van der Waals surface area contributed by atoms with Crippen LogP contribution >= 0.6 is 0 Å². The molecule has 1 heterocycles. The van der Waals surface area contributed by atoms with Crippen LogP contribution in [0, 0.1) is 0 Å². The third-order valence-corrected chi connectivity index (χ3v) is 4.11. The number of carbonyl (C=O) groups is 1. The van der Waals surface area contributed by atoms with Crippen molar-refractivity contribution in [3.8, 4) is 22.8 Å². The number of alkyl halides is 3. The molecule has 8 heteroatoms. The molecule has 1 aromatic heterocycles. The summed E-state index contributed by atoms with van der Waals surface area (Å²) in [5.41, 5.74) is 6.57. The predicted molar refractivity (Wildman–Crippen MR) is 100 cm³/mol. The minimum Gasteiger partial charge on any atom is -0.457 e. The van der Waals surface area contributed by atoms with E-state index in [1.165, 1.54) is 18.2 Å². The zero-order valence-corrected chi connectivity index (χ0v) is 15.1. The number of nitrogens with two attached hydrogens (primary N) is 1. The topological polar surface area (TPSA) is 85.4 Å². The smallest absolute Gasteiger partial charge is 0.416 e. The summed E-state index contributed by atoms with van der Waals surface area (Å²) in [6.07, 6.45) is -4.05. The molecule has 0 aliphatic carbocycles. The van der Waals surface area contributed by atoms with Gasteiger partial charge in [-0.1, -0.05) is 0 Å². The van der Waals surface area contributed by atoms with E-state index in [2.05, 4.69) is 4.98 Å². The Morgan fingerprint density at radius 1 is 1.00 bits per heavy atom. The lowest BCUT2D eigenvalue weighted by Gasteiger charge is -2.10. The van der Waals surface area contributed by atoms with Gasteiger partial charge in [-0.05, 0) is 72.6 Å². The van der Waals surface area contributed by atoms with Crippen LogP contribution in [0.25, 0.3) is 11.3 Å². The highest BCUT2D eigenvalue weighted by molar-refractivity contribution is 5.91. The third kappa shape index (κ3) is 5.11. The minimum absolute atomic E-state index is 0.0818. The van der Waals surface area contributed by atoms with E-state index in [1.807, 2.05) is 0 Å². The molecule has 1 amide bonds. The number of benzene rings is 2. The van der Waals surface area contributed by atoms with E-state index in [0.29, 0.717) is 23.4 Å². The number of nitrogens with zero attached hydrogens (tertiary/aromatic N) is 1. The van der Waals surface area contributed by atoms with Gasteiger partial charge in [-0.2, -0.15) is 13.2 Å². The first-order valence-corrected chi connectivity index (χ1v) is 8.63. The molecule has 0 atom stereocenters. The van der Waals surface area contributed by atoms with E-state index >= 15 is 0 Å². The Kier molecular flexibility index (Phi) is 5.84. The highest BCUT2D eigenvalue weighted by Gasteiger charge is 2.30. The standard InChI is InChI=1S/C21H17F3N2O3/c22-21(23,24)15-3-7-17(8-4-15)29-16-5-1-14(2-6-16)18-11-13(9-10-27)12-19(26-18)20(25)28/h1-8,11-12,27H,9-10H2,(H2,25,28). The van der Waals surface area contributed by atoms with Crippen molar-refractivity contribution in [2.45, 2.75) is 12.6 Å². The molecule has 3 N–H and O–H groups in total. The second-order valence-corrected chi connectivity index (χ2v) is 6.23. The Morgan fingerprint density at radius 2 is 1.59 bits per heavy atom. The second-order valence-electron chi connectivity index (χ2n) is 6.23. The summed E-state index contributed by atoms with van der Waals surface area (Å²) in [7, 11) is 0. The molecule has 3 rings (SSSR count). The van der Waals surface area contributed by atoms with Crippen molar-refractivity contribution < 1.29 is 27.8 Å². The highest BCUT2D eigenvalue weighted by atomic mass is 19.4. The van der Waals surface area contributed by atoms with Gasteiger partial charge in [0.2, 0.25) is 0 Å². The molecule has 2 aromatic carbocycles. The SMILES string of the molecule is NC(=O)c1cc(CCO)cc(-c2ccc(Oc3ccc(C(F)(F)F)cc3)cc2)n1. The lowest BCUT2D eigenvalue weighted by atomic mass is 10.1. The average Bonchev–Trinajstić information content (AvgIpc) is 2.68. The Balaban J connectivity index is 1.80. The molecular formula is C21H17F3N2O3. The van der Waals surface area contributed by atoms with Crippen LogP contribution in [0.3, 0.4) is 0 Å². The number of ether oxygens (including phenoxy) is 1. The van der Waals surface area contributed by atoms with Gasteiger partial charge >= 0.3 is 6.18 Å². The van der Waals surface area contributed by atoms with Crippen LogP contribution in [0.5, 0.6) is 11.5 Å². The normalized spacial score (nSPS) is 11.3. The molecule has 0 saturated carbocycles. The second kappa shape index (κ2) is 8.32. The van der Waals surface area contributed by atoms with Crippen LogP contribution in [0.2, 0.25) is 0 Å². The predicted octanol–water partition coefficient (Wildman–Crippen LogP) is 4.19. The van der Waals surface area contributed by atoms with E-state index in [4.69, 9.17) is 15.6 Å². The molecule has 0 aliphatic heterocycles. The molecule has 29 heavy (non-hydrogen) atoms. The maximum atomic E-state index is 12.6. The van der Waals surface area contributed by atoms with Gasteiger partial charge in [-0.15, -0.1) is 0 Å². The number of amides is 1. The zero-order chi connectivity index (χ0) is 21.0. The number of rotatable bonds is 6. The van der Waals surface area contributed by atoms with Crippen LogP contribution < -0.4 is 10.5 Å². The Bertz CT molecular complexity index is 1000. The zero-order valence-electron chi connectivity index (χ0n) is 15.1. The molecule has 150 valence electrons. The maximum Gasteiger partial charge on any atom is 0.416 e. The molecule has 0 fully saturated rings. The quantitative estimate of drug-likeness (QED) is 0.647. The van der Waals surface area contributed by atoms with Gasteiger partial charge in [0.25, 0.3) is 5.91 Å². The summed E-state index contributed by atoms with van der Waals surface area (Å²) in [6.45, 7) is -0.0818. The van der Waals surface area contributed by atoms with Crippen molar-refractivity contribution in [1.82, 2.24) is 4.98 Å². The largest absolute Gasteiger partial charge is 0.457 e. The number of aliphatic hydroxyl groups is 1. The molecular weight excluding hydrogens is 385 g/mol. The first-order chi connectivity index (χ1) is 13.8. The number of aliphatic hydroxyl groups excluding tert-OH is 1. The van der Waals surface area contributed by atoms with Crippen LogP contribution in [-0.2, 0) is 12.6 Å². The maximum absolute atomic E-state index is 12.6. The fourth-order valence-electron chi connectivity index (χ4n) is 2.68. The number of primary amides is 1. The summed E-state index contributed by atoms with van der Waals surface area (Å²) in [5.74, 6) is 0.0216. The number of aromatic nitrogens is 1. The Labute approximate surface area is 164 Å². The van der Waals surface area contributed by atoms with Gasteiger partial charge in [0, 0.05) is 12.2 Å². The lowest BCUT2D eigenvalue weighted by Crippen LogP contribution is -2.14. The Morgan fingerprint density at radius 3 is 2.10 bits per heavy atom. The fourth-order valence-corrected chi connectivity index (χ4v) is 2.68. The first kappa shape index (κ1) is 20.3. The summed E-state index contributed by atoms with van der Waals surface area (Å²) in [5, 5.41) is 9.13. The van der Waals surface area contributed by atoms with Crippen LogP contribution in [0.1, 0.15) is 21.6 Å². The molecule has 3 aromatic rings. The monoisotopic (exact) mass is 402 g/mol. The van der Waals surface area contributed by atoms with Gasteiger partial charge in [0.05, 0.1) is 11.3 Å². The minimum atomic E-state index is -4.40. The van der Waals surface area contributed by atoms with Gasteiger partial charge < -0.3 is 15.6 Å². The molecule has 0 bridgehead atoms. The van der Waals surface area contributed by atoms with E-state index < -0.39 is 17.6 Å². The number of hydrogen-bond acceptors (Lipinski definition) is 4. The van der Waals surface area contributed by atoms with E-state index in [9.17, 15) is 18.0 Å². The highest BCUT2D eigenvalue weighted by Crippen LogP contribution is 2.32. The number of carbonyl (C=O) groups excluding carboxylic acids is 1. The average molecular weight is 402 g/mol. The van der Waals surface area contributed by atoms with Crippen molar-refractivity contribution in [2.75, 3.05) is 6.61 Å². The van der Waals surface area contributed by atoms with Crippen molar-refractivity contribution in [1.29, 1.82) is 0 Å². The Hall–Kier alpha value is -3.39. The van der Waals surface area contributed by atoms with E-state index in [0.717, 1.165) is 17.7 Å². The summed E-state index contributed by atoms with van der Waals surface area (Å²) >= 11 is 0. The van der Waals surface area contributed by atoms with Gasteiger partial charge in [0.15, 0.2) is 0 Å². The van der Waals surface area contributed by atoms with Crippen molar-refractivity contribution in [3.05, 3.63) is 77.5 Å². The summed E-state index contributed by atoms with van der Waals surface area (Å²) < 4.78 is 43.4.